The lowest BCUT2D eigenvalue weighted by Crippen LogP contribution is -2.44. The first kappa shape index (κ1) is 5.32. The maximum atomic E-state index is 5.41. The molecular formula is C8H10O. The number of ether oxygens (including phenoxy) is 1. The number of fused-ring (bicyclic) bond motifs is 2. The predicted molar refractivity (Wildman–Crippen MR) is 34.8 cm³/mol. The summed E-state index contributed by atoms with van der Waals surface area (Å²) in [5, 5.41) is 0. The summed E-state index contributed by atoms with van der Waals surface area (Å²) in [4.78, 5) is 0. The van der Waals surface area contributed by atoms with Gasteiger partial charge in [0.15, 0.2) is 0 Å². The molecule has 1 heteroatoms. The van der Waals surface area contributed by atoms with Crippen LogP contribution in [0.25, 0.3) is 0 Å². The lowest BCUT2D eigenvalue weighted by atomic mass is 9.81. The molecule has 0 aromatic heterocycles. The van der Waals surface area contributed by atoms with Crippen molar-refractivity contribution in [3.8, 4) is 12.3 Å². The maximum absolute atomic E-state index is 5.41. The van der Waals surface area contributed by atoms with Crippen LogP contribution in [-0.2, 0) is 4.74 Å². The first-order valence-electron chi connectivity index (χ1n) is 3.50. The number of terminal acetylenes is 1. The Hall–Kier alpha value is -0.480. The molecule has 2 unspecified atom stereocenters. The molecule has 2 atom stereocenters. The molecule has 2 heterocycles. The molecule has 2 aliphatic heterocycles. The lowest BCUT2D eigenvalue weighted by molar-refractivity contribution is -0.165. The van der Waals surface area contributed by atoms with E-state index in [1.807, 2.05) is 0 Å². The highest BCUT2D eigenvalue weighted by Crippen LogP contribution is 2.37. The zero-order valence-corrected chi connectivity index (χ0v) is 5.34. The van der Waals surface area contributed by atoms with Crippen LogP contribution in [0.4, 0.5) is 0 Å². The van der Waals surface area contributed by atoms with Gasteiger partial charge in [0, 0.05) is 5.92 Å². The van der Waals surface area contributed by atoms with Crippen LogP contribution in [0.5, 0.6) is 0 Å². The van der Waals surface area contributed by atoms with Crippen molar-refractivity contribution < 1.29 is 4.74 Å². The van der Waals surface area contributed by atoms with Gasteiger partial charge in [-0.05, 0) is 19.3 Å². The minimum absolute atomic E-state index is 0.516. The molecule has 1 aliphatic carbocycles. The minimum atomic E-state index is 0.516. The van der Waals surface area contributed by atoms with E-state index in [0.717, 1.165) is 12.8 Å². The van der Waals surface area contributed by atoms with E-state index in [4.69, 9.17) is 11.2 Å². The highest BCUT2D eigenvalue weighted by molar-refractivity contribution is 5.01. The van der Waals surface area contributed by atoms with Crippen molar-refractivity contribution in [2.24, 2.45) is 5.92 Å². The monoisotopic (exact) mass is 122 g/mol. The van der Waals surface area contributed by atoms with Gasteiger partial charge in [0.05, 0.1) is 12.2 Å². The first-order valence-corrected chi connectivity index (χ1v) is 3.50. The fourth-order valence-corrected chi connectivity index (χ4v) is 1.72. The third-order valence-corrected chi connectivity index (χ3v) is 2.24. The van der Waals surface area contributed by atoms with Crippen LogP contribution in [0.15, 0.2) is 0 Å². The van der Waals surface area contributed by atoms with E-state index >= 15 is 0 Å². The van der Waals surface area contributed by atoms with Gasteiger partial charge in [0.2, 0.25) is 0 Å². The van der Waals surface area contributed by atoms with Crippen LogP contribution in [0.1, 0.15) is 19.3 Å². The molecule has 3 fully saturated rings. The Bertz CT molecular complexity index is 140. The Morgan fingerprint density at radius 3 is 2.11 bits per heavy atom. The normalized spacial score (nSPS) is 47.2. The average Bonchev–Trinajstić information content (AvgIpc) is 1.87. The summed E-state index contributed by atoms with van der Waals surface area (Å²) in [6.07, 6.45) is 9.79. The summed E-state index contributed by atoms with van der Waals surface area (Å²) in [6.45, 7) is 0. The van der Waals surface area contributed by atoms with Gasteiger partial charge in [-0.3, -0.25) is 0 Å². The van der Waals surface area contributed by atoms with E-state index < -0.39 is 0 Å². The molecule has 0 spiro atoms. The van der Waals surface area contributed by atoms with Crippen LogP contribution in [0, 0.1) is 18.3 Å². The third kappa shape index (κ3) is 0.746. The Morgan fingerprint density at radius 1 is 1.22 bits per heavy atom. The fourth-order valence-electron chi connectivity index (χ4n) is 1.72. The highest BCUT2D eigenvalue weighted by atomic mass is 16.5. The largest absolute Gasteiger partial charge is 0.375 e. The summed E-state index contributed by atoms with van der Waals surface area (Å²) >= 11 is 0. The molecule has 2 saturated heterocycles. The van der Waals surface area contributed by atoms with Crippen molar-refractivity contribution in [3.63, 3.8) is 0 Å². The van der Waals surface area contributed by atoms with Crippen molar-refractivity contribution in [2.75, 3.05) is 0 Å². The molecule has 2 bridgehead atoms. The molecule has 0 aromatic rings. The van der Waals surface area contributed by atoms with Crippen molar-refractivity contribution >= 4 is 0 Å². The van der Waals surface area contributed by atoms with Crippen LogP contribution < -0.4 is 0 Å². The van der Waals surface area contributed by atoms with Crippen LogP contribution >= 0.6 is 0 Å². The topological polar surface area (TPSA) is 9.23 Å². The number of rotatable bonds is 0. The smallest absolute Gasteiger partial charge is 0.0615 e. The number of hydrogen-bond donors (Lipinski definition) is 0. The summed E-state index contributed by atoms with van der Waals surface area (Å²) in [5.41, 5.74) is 0. The van der Waals surface area contributed by atoms with Gasteiger partial charge in [-0.1, -0.05) is 0 Å². The first-order chi connectivity index (χ1) is 4.38. The van der Waals surface area contributed by atoms with Crippen LogP contribution in [-0.4, -0.2) is 12.2 Å². The van der Waals surface area contributed by atoms with Crippen molar-refractivity contribution in [3.05, 3.63) is 0 Å². The second kappa shape index (κ2) is 1.75. The second-order valence-electron chi connectivity index (χ2n) is 2.95. The SMILES string of the molecule is C#CC1CC2CC(C1)O2. The van der Waals surface area contributed by atoms with Crippen LogP contribution in [0.3, 0.4) is 0 Å². The standard InChI is InChI=1S/C8H10O/c1-2-6-3-7-5-8(4-6)9-7/h1,6-8H,3-5H2. The average molecular weight is 122 g/mol. The molecule has 1 saturated carbocycles. The molecule has 0 radical (unpaired) electrons. The van der Waals surface area contributed by atoms with Gasteiger partial charge in [0.1, 0.15) is 0 Å². The van der Waals surface area contributed by atoms with E-state index in [1.165, 1.54) is 6.42 Å². The highest BCUT2D eigenvalue weighted by Gasteiger charge is 2.38. The van der Waals surface area contributed by atoms with Gasteiger partial charge >= 0.3 is 0 Å². The molecule has 9 heavy (non-hydrogen) atoms. The maximum Gasteiger partial charge on any atom is 0.0615 e. The number of hydrogen-bond acceptors (Lipinski definition) is 1. The van der Waals surface area contributed by atoms with E-state index in [9.17, 15) is 0 Å². The zero-order valence-electron chi connectivity index (χ0n) is 5.34. The minimum Gasteiger partial charge on any atom is -0.375 e. The molecule has 0 amide bonds. The van der Waals surface area contributed by atoms with Gasteiger partial charge in [-0.2, -0.15) is 0 Å². The Morgan fingerprint density at radius 2 is 1.78 bits per heavy atom. The van der Waals surface area contributed by atoms with Gasteiger partial charge in [0.25, 0.3) is 0 Å². The molecule has 1 nitrogen and oxygen atoms in total. The Kier molecular flexibility index (Phi) is 1.03. The van der Waals surface area contributed by atoms with Crippen molar-refractivity contribution in [1.29, 1.82) is 0 Å². The van der Waals surface area contributed by atoms with Crippen molar-refractivity contribution in [2.45, 2.75) is 31.5 Å². The molecule has 0 aromatic carbocycles. The third-order valence-electron chi connectivity index (χ3n) is 2.24. The second-order valence-corrected chi connectivity index (χ2v) is 2.95. The Labute approximate surface area is 55.4 Å². The van der Waals surface area contributed by atoms with Gasteiger partial charge in [-0.25, -0.2) is 0 Å². The zero-order chi connectivity index (χ0) is 6.27. The fraction of sp³-hybridized carbons (Fsp3) is 0.750. The van der Waals surface area contributed by atoms with E-state index in [2.05, 4.69) is 5.92 Å². The van der Waals surface area contributed by atoms with Gasteiger partial charge < -0.3 is 4.74 Å². The van der Waals surface area contributed by atoms with Gasteiger partial charge in [-0.15, -0.1) is 12.3 Å². The summed E-state index contributed by atoms with van der Waals surface area (Å²) in [5.74, 6) is 3.30. The predicted octanol–water partition coefficient (Wildman–Crippen LogP) is 1.19. The van der Waals surface area contributed by atoms with E-state index in [-0.39, 0.29) is 0 Å². The van der Waals surface area contributed by atoms with E-state index in [1.54, 1.807) is 0 Å². The molecule has 3 rings (SSSR count). The van der Waals surface area contributed by atoms with Crippen LogP contribution in [0.2, 0.25) is 0 Å². The molecule has 48 valence electrons. The quantitative estimate of drug-likeness (QED) is 0.438. The summed E-state index contributed by atoms with van der Waals surface area (Å²) in [6, 6.07) is 0. The molecule has 0 N–H and O–H groups in total. The Balaban J connectivity index is 1.98. The summed E-state index contributed by atoms with van der Waals surface area (Å²) < 4.78 is 5.41. The molecular weight excluding hydrogens is 112 g/mol. The van der Waals surface area contributed by atoms with E-state index in [0.29, 0.717) is 18.1 Å². The molecule has 3 aliphatic rings. The lowest BCUT2D eigenvalue weighted by Gasteiger charge is -2.43. The van der Waals surface area contributed by atoms with Crippen molar-refractivity contribution in [1.82, 2.24) is 0 Å². The summed E-state index contributed by atoms with van der Waals surface area (Å²) in [7, 11) is 0.